The van der Waals surface area contributed by atoms with Crippen LogP contribution in [0.25, 0.3) is 0 Å². The van der Waals surface area contributed by atoms with Crippen molar-refractivity contribution < 1.29 is 4.79 Å². The fourth-order valence-electron chi connectivity index (χ4n) is 2.55. The highest BCUT2D eigenvalue weighted by molar-refractivity contribution is 5.75. The van der Waals surface area contributed by atoms with Crippen LogP contribution in [-0.2, 0) is 17.8 Å². The molecule has 0 atom stereocenters. The zero-order chi connectivity index (χ0) is 12.8. The van der Waals surface area contributed by atoms with E-state index in [9.17, 15) is 4.79 Å². The van der Waals surface area contributed by atoms with Gasteiger partial charge in [0.1, 0.15) is 5.78 Å². The Hall–Kier alpha value is -1.15. The van der Waals surface area contributed by atoms with Gasteiger partial charge in [0.2, 0.25) is 0 Å². The van der Waals surface area contributed by atoms with Gasteiger partial charge in [-0.25, -0.2) is 0 Å². The van der Waals surface area contributed by atoms with Gasteiger partial charge < -0.3 is 4.79 Å². The van der Waals surface area contributed by atoms with Crippen LogP contribution >= 0.6 is 0 Å². The number of carbonyl (C=O) groups is 1. The van der Waals surface area contributed by atoms with Crippen molar-refractivity contribution in [3.63, 3.8) is 0 Å². The third-order valence-corrected chi connectivity index (χ3v) is 3.62. The lowest BCUT2D eigenvalue weighted by Gasteiger charge is -2.14. The molecule has 1 aliphatic heterocycles. The molecule has 0 N–H and O–H groups in total. The minimum absolute atomic E-state index is 0.292. The normalized spacial score (nSPS) is 16.1. The number of Topliss-reactive ketones (excluding diaryl/α,β-unsaturated/α-hetero) is 1. The molecule has 1 aromatic rings. The first-order chi connectivity index (χ1) is 8.74. The van der Waals surface area contributed by atoms with Gasteiger partial charge in [0.15, 0.2) is 0 Å². The third-order valence-electron chi connectivity index (χ3n) is 3.62. The van der Waals surface area contributed by atoms with E-state index in [1.165, 1.54) is 37.1 Å². The van der Waals surface area contributed by atoms with Gasteiger partial charge in [-0.15, -0.1) is 0 Å². The molecule has 2 heteroatoms. The van der Waals surface area contributed by atoms with Crippen LogP contribution in [0.3, 0.4) is 0 Å². The molecule has 0 bridgehead atoms. The fourth-order valence-corrected chi connectivity index (χ4v) is 2.55. The Labute approximate surface area is 110 Å². The summed E-state index contributed by atoms with van der Waals surface area (Å²) in [5.41, 5.74) is 2.76. The molecule has 1 saturated heterocycles. The van der Waals surface area contributed by atoms with Crippen molar-refractivity contribution in [3.05, 3.63) is 35.4 Å². The van der Waals surface area contributed by atoms with E-state index in [1.54, 1.807) is 6.92 Å². The molecule has 0 aromatic heterocycles. The maximum atomic E-state index is 10.9. The predicted molar refractivity (Wildman–Crippen MR) is 74.6 cm³/mol. The third kappa shape index (κ3) is 4.26. The fraction of sp³-hybridized carbons (Fsp3) is 0.562. The molecule has 0 amide bonds. The lowest BCUT2D eigenvalue weighted by molar-refractivity contribution is -0.117. The molecule has 98 valence electrons. The first-order valence-corrected chi connectivity index (χ1v) is 7.03. The Morgan fingerprint density at radius 1 is 1.11 bits per heavy atom. The van der Waals surface area contributed by atoms with E-state index in [-0.39, 0.29) is 0 Å². The first-order valence-electron chi connectivity index (χ1n) is 7.03. The Morgan fingerprint density at radius 2 is 1.72 bits per heavy atom. The molecule has 0 radical (unpaired) electrons. The molecule has 18 heavy (non-hydrogen) atoms. The van der Waals surface area contributed by atoms with Gasteiger partial charge in [-0.2, -0.15) is 0 Å². The minimum Gasteiger partial charge on any atom is -0.300 e. The summed E-state index contributed by atoms with van der Waals surface area (Å²) in [6, 6.07) is 8.90. The second-order valence-electron chi connectivity index (χ2n) is 5.36. The van der Waals surface area contributed by atoms with E-state index >= 15 is 0 Å². The summed E-state index contributed by atoms with van der Waals surface area (Å²) in [7, 11) is 0. The average molecular weight is 245 g/mol. The van der Waals surface area contributed by atoms with Gasteiger partial charge in [-0.05, 0) is 56.8 Å². The summed E-state index contributed by atoms with van der Waals surface area (Å²) >= 11 is 0. The highest BCUT2D eigenvalue weighted by atomic mass is 16.1. The van der Waals surface area contributed by atoms with Crippen LogP contribution < -0.4 is 0 Å². The molecule has 1 fully saturated rings. The number of carbonyl (C=O) groups excluding carboxylic acids is 1. The van der Waals surface area contributed by atoms with Crippen LogP contribution in [0.4, 0.5) is 0 Å². The zero-order valence-corrected chi connectivity index (χ0v) is 11.3. The quantitative estimate of drug-likeness (QED) is 0.767. The van der Waals surface area contributed by atoms with Crippen LogP contribution in [0, 0.1) is 0 Å². The van der Waals surface area contributed by atoms with Gasteiger partial charge in [-0.3, -0.25) is 4.90 Å². The van der Waals surface area contributed by atoms with Gasteiger partial charge in [0.05, 0.1) is 0 Å². The smallest absolute Gasteiger partial charge is 0.129 e. The maximum Gasteiger partial charge on any atom is 0.129 e. The zero-order valence-electron chi connectivity index (χ0n) is 11.3. The topological polar surface area (TPSA) is 20.3 Å². The van der Waals surface area contributed by atoms with Crippen molar-refractivity contribution in [2.45, 2.75) is 45.6 Å². The largest absolute Gasteiger partial charge is 0.300 e. The second kappa shape index (κ2) is 6.69. The van der Waals surface area contributed by atoms with Crippen LogP contribution in [0.5, 0.6) is 0 Å². The van der Waals surface area contributed by atoms with Crippen LogP contribution in [0.15, 0.2) is 24.3 Å². The van der Waals surface area contributed by atoms with E-state index in [2.05, 4.69) is 29.2 Å². The minimum atomic E-state index is 0.292. The van der Waals surface area contributed by atoms with Crippen LogP contribution in [0.2, 0.25) is 0 Å². The van der Waals surface area contributed by atoms with Crippen molar-refractivity contribution in [2.24, 2.45) is 0 Å². The van der Waals surface area contributed by atoms with Crippen LogP contribution in [0.1, 0.15) is 43.7 Å². The van der Waals surface area contributed by atoms with Crippen molar-refractivity contribution in [2.75, 3.05) is 13.1 Å². The molecule has 0 aliphatic carbocycles. The summed E-state index contributed by atoms with van der Waals surface area (Å²) in [6.07, 6.45) is 5.40. The summed E-state index contributed by atoms with van der Waals surface area (Å²) in [4.78, 5) is 13.4. The van der Waals surface area contributed by atoms with Crippen LogP contribution in [-0.4, -0.2) is 23.8 Å². The van der Waals surface area contributed by atoms with Gasteiger partial charge in [0, 0.05) is 13.0 Å². The lowest BCUT2D eigenvalue weighted by Crippen LogP contribution is -2.18. The van der Waals surface area contributed by atoms with Gasteiger partial charge in [-0.1, -0.05) is 24.3 Å². The lowest BCUT2D eigenvalue weighted by atomic mass is 10.0. The maximum absolute atomic E-state index is 10.9. The predicted octanol–water partition coefficient (Wildman–Crippen LogP) is 3.19. The Balaban J connectivity index is 1.79. The molecule has 1 aliphatic rings. The van der Waals surface area contributed by atoms with Crippen molar-refractivity contribution in [3.8, 4) is 0 Å². The van der Waals surface area contributed by atoms with Crippen molar-refractivity contribution in [1.29, 1.82) is 0 Å². The molecule has 0 spiro atoms. The van der Waals surface area contributed by atoms with Gasteiger partial charge in [0.25, 0.3) is 0 Å². The second-order valence-corrected chi connectivity index (χ2v) is 5.36. The molecule has 2 nitrogen and oxygen atoms in total. The van der Waals surface area contributed by atoms with E-state index in [0.717, 1.165) is 19.4 Å². The number of rotatable bonds is 6. The summed E-state index contributed by atoms with van der Waals surface area (Å²) < 4.78 is 0. The van der Waals surface area contributed by atoms with Gasteiger partial charge >= 0.3 is 0 Å². The Morgan fingerprint density at radius 3 is 2.33 bits per heavy atom. The van der Waals surface area contributed by atoms with E-state index in [4.69, 9.17) is 0 Å². The van der Waals surface area contributed by atoms with Crippen molar-refractivity contribution in [1.82, 2.24) is 4.90 Å². The van der Waals surface area contributed by atoms with E-state index < -0.39 is 0 Å². The average Bonchev–Trinajstić information content (AvgIpc) is 2.84. The molecular weight excluding hydrogens is 222 g/mol. The Kier molecular flexibility index (Phi) is 4.94. The molecule has 2 rings (SSSR count). The Bertz CT molecular complexity index is 377. The standard InChI is InChI=1S/C16H23NO/c1-14(18)5-4-6-15-7-9-16(10-8-15)13-17-11-2-3-12-17/h7-10H,2-6,11-13H2,1H3. The summed E-state index contributed by atoms with van der Waals surface area (Å²) in [5.74, 6) is 0.292. The molecule has 1 aromatic carbocycles. The highest BCUT2D eigenvalue weighted by Crippen LogP contribution is 2.14. The number of likely N-dealkylation sites (tertiary alicyclic amines) is 1. The number of aryl methyl sites for hydroxylation is 1. The monoisotopic (exact) mass is 245 g/mol. The molecule has 0 saturated carbocycles. The number of hydrogen-bond donors (Lipinski definition) is 0. The highest BCUT2D eigenvalue weighted by Gasteiger charge is 2.11. The summed E-state index contributed by atoms with van der Waals surface area (Å²) in [6.45, 7) is 5.26. The van der Waals surface area contributed by atoms with E-state index in [0.29, 0.717) is 12.2 Å². The molecular formula is C16H23NO. The number of hydrogen-bond acceptors (Lipinski definition) is 2. The molecule has 1 heterocycles. The number of benzene rings is 1. The van der Waals surface area contributed by atoms with E-state index in [1.807, 2.05) is 0 Å². The number of ketones is 1. The molecule has 0 unspecified atom stereocenters. The van der Waals surface area contributed by atoms with Crippen molar-refractivity contribution >= 4 is 5.78 Å². The SMILES string of the molecule is CC(=O)CCCc1ccc(CN2CCCC2)cc1. The number of nitrogens with zero attached hydrogens (tertiary/aromatic N) is 1. The first kappa shape index (κ1) is 13.3. The summed E-state index contributed by atoms with van der Waals surface area (Å²) in [5, 5.41) is 0.